The molecule has 1 aliphatic carbocycles. The van der Waals surface area contributed by atoms with Crippen LogP contribution >= 0.6 is 0 Å². The van der Waals surface area contributed by atoms with Crippen LogP contribution in [-0.2, 0) is 19.6 Å². The Morgan fingerprint density at radius 1 is 1.21 bits per heavy atom. The molecule has 0 unspecified atom stereocenters. The second-order valence-electron chi connectivity index (χ2n) is 6.13. The third kappa shape index (κ3) is 3.60. The van der Waals surface area contributed by atoms with Gasteiger partial charge < -0.3 is 10.1 Å². The highest BCUT2D eigenvalue weighted by Crippen LogP contribution is 2.28. The molecule has 1 N–H and O–H groups in total. The van der Waals surface area contributed by atoms with Gasteiger partial charge >= 0.3 is 0 Å². The van der Waals surface area contributed by atoms with Gasteiger partial charge in [0.15, 0.2) is 0 Å². The van der Waals surface area contributed by atoms with Crippen molar-refractivity contribution in [3.05, 3.63) is 24.0 Å². The Morgan fingerprint density at radius 2 is 1.88 bits per heavy atom. The molecule has 24 heavy (non-hydrogen) atoms. The number of morpholine rings is 1. The Kier molecular flexibility index (Phi) is 5.17. The van der Waals surface area contributed by atoms with Gasteiger partial charge in [-0.05, 0) is 31.0 Å². The molecular formula is C16H21FN2O4S. The minimum absolute atomic E-state index is 0.0469. The monoisotopic (exact) mass is 356 g/mol. The van der Waals surface area contributed by atoms with Crippen LogP contribution in [0.25, 0.3) is 0 Å². The number of anilines is 1. The molecule has 1 aromatic carbocycles. The minimum atomic E-state index is -3.94. The maximum absolute atomic E-state index is 14.1. The van der Waals surface area contributed by atoms with Gasteiger partial charge in [0.1, 0.15) is 10.7 Å². The molecule has 2 fully saturated rings. The van der Waals surface area contributed by atoms with Gasteiger partial charge in [-0.2, -0.15) is 4.31 Å². The van der Waals surface area contributed by atoms with E-state index in [9.17, 15) is 17.6 Å². The first kappa shape index (κ1) is 17.3. The third-order valence-corrected chi connectivity index (χ3v) is 6.43. The minimum Gasteiger partial charge on any atom is -0.379 e. The van der Waals surface area contributed by atoms with E-state index < -0.39 is 20.7 Å². The first-order chi connectivity index (χ1) is 11.5. The lowest BCUT2D eigenvalue weighted by Gasteiger charge is -2.26. The SMILES string of the molecule is O=C(Nc1ccc(F)c(S(=O)(=O)N2CCOCC2)c1)C1CCCC1. The van der Waals surface area contributed by atoms with Crippen molar-refractivity contribution in [2.45, 2.75) is 30.6 Å². The van der Waals surface area contributed by atoms with Gasteiger partial charge in [-0.25, -0.2) is 12.8 Å². The standard InChI is InChI=1S/C16H21FN2O4S/c17-14-6-5-13(18-16(20)12-3-1-2-4-12)11-15(14)24(21,22)19-7-9-23-10-8-19/h5-6,11-12H,1-4,7-10H2,(H,18,20). The molecule has 0 bridgehead atoms. The highest BCUT2D eigenvalue weighted by Gasteiger charge is 2.30. The quantitative estimate of drug-likeness (QED) is 0.895. The molecular weight excluding hydrogens is 335 g/mol. The van der Waals surface area contributed by atoms with Gasteiger partial charge in [0.2, 0.25) is 15.9 Å². The zero-order chi connectivity index (χ0) is 17.2. The summed E-state index contributed by atoms with van der Waals surface area (Å²) in [5.74, 6) is -0.997. The van der Waals surface area contributed by atoms with Crippen LogP contribution in [0.15, 0.2) is 23.1 Å². The highest BCUT2D eigenvalue weighted by atomic mass is 32.2. The Bertz CT molecular complexity index is 711. The number of sulfonamides is 1. The Morgan fingerprint density at radius 3 is 2.54 bits per heavy atom. The molecule has 1 heterocycles. The normalized spacial score (nSPS) is 20.2. The number of hydrogen-bond donors (Lipinski definition) is 1. The van der Waals surface area contributed by atoms with Crippen molar-refractivity contribution < 1.29 is 22.3 Å². The van der Waals surface area contributed by atoms with Gasteiger partial charge in [-0.3, -0.25) is 4.79 Å². The molecule has 1 saturated heterocycles. The predicted molar refractivity (Wildman–Crippen MR) is 86.6 cm³/mol. The Balaban J connectivity index is 1.81. The molecule has 0 radical (unpaired) electrons. The molecule has 0 atom stereocenters. The van der Waals surface area contributed by atoms with Crippen molar-refractivity contribution in [1.29, 1.82) is 0 Å². The average Bonchev–Trinajstić information content (AvgIpc) is 3.12. The molecule has 8 heteroatoms. The predicted octanol–water partition coefficient (Wildman–Crippen LogP) is 1.98. The number of ether oxygens (including phenoxy) is 1. The molecule has 1 saturated carbocycles. The van der Waals surface area contributed by atoms with Crippen molar-refractivity contribution in [3.8, 4) is 0 Å². The average molecular weight is 356 g/mol. The van der Waals surface area contributed by atoms with E-state index >= 15 is 0 Å². The lowest BCUT2D eigenvalue weighted by atomic mass is 10.1. The fourth-order valence-electron chi connectivity index (χ4n) is 3.14. The van der Waals surface area contributed by atoms with E-state index in [2.05, 4.69) is 5.32 Å². The van der Waals surface area contributed by atoms with E-state index in [0.29, 0.717) is 18.9 Å². The summed E-state index contributed by atoms with van der Waals surface area (Å²) in [6.45, 7) is 0.971. The maximum atomic E-state index is 14.1. The first-order valence-electron chi connectivity index (χ1n) is 8.17. The van der Waals surface area contributed by atoms with Crippen molar-refractivity contribution in [2.75, 3.05) is 31.6 Å². The van der Waals surface area contributed by atoms with Crippen LogP contribution in [0.1, 0.15) is 25.7 Å². The van der Waals surface area contributed by atoms with E-state index in [1.54, 1.807) is 0 Å². The smallest absolute Gasteiger partial charge is 0.246 e. The summed E-state index contributed by atoms with van der Waals surface area (Å²) in [5, 5.41) is 2.71. The van der Waals surface area contributed by atoms with Gasteiger partial charge in [-0.1, -0.05) is 12.8 Å². The van der Waals surface area contributed by atoms with Crippen molar-refractivity contribution in [3.63, 3.8) is 0 Å². The number of benzene rings is 1. The van der Waals surface area contributed by atoms with Crippen LogP contribution in [0.2, 0.25) is 0 Å². The van der Waals surface area contributed by atoms with Crippen molar-refractivity contribution in [1.82, 2.24) is 4.31 Å². The van der Waals surface area contributed by atoms with Gasteiger partial charge in [0.25, 0.3) is 0 Å². The number of carbonyl (C=O) groups excluding carboxylic acids is 1. The van der Waals surface area contributed by atoms with Crippen LogP contribution in [0.4, 0.5) is 10.1 Å². The van der Waals surface area contributed by atoms with E-state index in [4.69, 9.17) is 4.74 Å². The summed E-state index contributed by atoms with van der Waals surface area (Å²) in [6.07, 6.45) is 3.73. The number of nitrogens with zero attached hydrogens (tertiary/aromatic N) is 1. The summed E-state index contributed by atoms with van der Waals surface area (Å²) in [5.41, 5.74) is 0.306. The molecule has 132 valence electrons. The van der Waals surface area contributed by atoms with E-state index in [1.165, 1.54) is 16.4 Å². The molecule has 0 spiro atoms. The maximum Gasteiger partial charge on any atom is 0.246 e. The fraction of sp³-hybridized carbons (Fsp3) is 0.562. The fourth-order valence-corrected chi connectivity index (χ4v) is 4.64. The number of rotatable bonds is 4. The van der Waals surface area contributed by atoms with Gasteiger partial charge in [-0.15, -0.1) is 0 Å². The molecule has 1 amide bonds. The third-order valence-electron chi connectivity index (χ3n) is 4.51. The van der Waals surface area contributed by atoms with Gasteiger partial charge in [0, 0.05) is 24.7 Å². The second kappa shape index (κ2) is 7.16. The summed E-state index contributed by atoms with van der Waals surface area (Å²) in [4.78, 5) is 11.8. The molecule has 3 rings (SSSR count). The van der Waals surface area contributed by atoms with E-state index in [1.807, 2.05) is 0 Å². The second-order valence-corrected chi connectivity index (χ2v) is 8.04. The number of carbonyl (C=O) groups is 1. The topological polar surface area (TPSA) is 75.7 Å². The van der Waals surface area contributed by atoms with Crippen molar-refractivity contribution >= 4 is 21.6 Å². The lowest BCUT2D eigenvalue weighted by Crippen LogP contribution is -2.40. The van der Waals surface area contributed by atoms with E-state index in [-0.39, 0.29) is 24.9 Å². The zero-order valence-electron chi connectivity index (χ0n) is 13.3. The lowest BCUT2D eigenvalue weighted by molar-refractivity contribution is -0.119. The van der Waals surface area contributed by atoms with E-state index in [0.717, 1.165) is 31.7 Å². The Labute approximate surface area is 141 Å². The summed E-state index contributed by atoms with van der Waals surface area (Å²) in [6, 6.07) is 3.67. The van der Waals surface area contributed by atoms with Crippen molar-refractivity contribution in [2.24, 2.45) is 5.92 Å². The summed E-state index contributed by atoms with van der Waals surface area (Å²) >= 11 is 0. The van der Waals surface area contributed by atoms with Crippen LogP contribution in [0, 0.1) is 11.7 Å². The highest BCUT2D eigenvalue weighted by molar-refractivity contribution is 7.89. The number of nitrogens with one attached hydrogen (secondary N) is 1. The first-order valence-corrected chi connectivity index (χ1v) is 9.61. The molecule has 0 aromatic heterocycles. The molecule has 1 aliphatic heterocycles. The Hall–Kier alpha value is -1.51. The number of hydrogen-bond acceptors (Lipinski definition) is 4. The largest absolute Gasteiger partial charge is 0.379 e. The van der Waals surface area contributed by atoms with Crippen LogP contribution < -0.4 is 5.32 Å². The van der Waals surface area contributed by atoms with Crippen LogP contribution in [-0.4, -0.2) is 44.9 Å². The van der Waals surface area contributed by atoms with Gasteiger partial charge in [0.05, 0.1) is 13.2 Å². The molecule has 1 aromatic rings. The van der Waals surface area contributed by atoms with Crippen LogP contribution in [0.5, 0.6) is 0 Å². The summed E-state index contributed by atoms with van der Waals surface area (Å²) < 4.78 is 45.7. The zero-order valence-corrected chi connectivity index (χ0v) is 14.1. The number of halogens is 1. The number of amides is 1. The molecule has 2 aliphatic rings. The van der Waals surface area contributed by atoms with Crippen LogP contribution in [0.3, 0.4) is 0 Å². The summed E-state index contributed by atoms with van der Waals surface area (Å²) in [7, 11) is -3.94. The molecule has 6 nitrogen and oxygen atoms in total.